The third kappa shape index (κ3) is 10.9. The van der Waals surface area contributed by atoms with Gasteiger partial charge in [0.15, 0.2) is 17.9 Å². The lowest BCUT2D eigenvalue weighted by Crippen LogP contribution is -2.27. The molecule has 0 radical (unpaired) electrons. The van der Waals surface area contributed by atoms with Crippen LogP contribution in [-0.4, -0.2) is 8.68 Å². The minimum atomic E-state index is -0.0507. The van der Waals surface area contributed by atoms with Crippen molar-refractivity contribution < 1.29 is 13.8 Å². The quantitative estimate of drug-likeness (QED) is 0.153. The second kappa shape index (κ2) is 19.0. The molecule has 2 atom stereocenters. The number of fused-ring (bicyclic) bond motifs is 2. The molecule has 4 aromatic carbocycles. The summed E-state index contributed by atoms with van der Waals surface area (Å²) < 4.78 is 21.5. The van der Waals surface area contributed by atoms with E-state index in [-0.39, 0.29) is 10.8 Å². The van der Waals surface area contributed by atoms with Crippen molar-refractivity contribution in [3.05, 3.63) is 167 Å². The van der Waals surface area contributed by atoms with Gasteiger partial charge in [-0.2, -0.15) is 0 Å². The first-order chi connectivity index (χ1) is 25.0. The van der Waals surface area contributed by atoms with Gasteiger partial charge in [0.05, 0.1) is 0 Å². The van der Waals surface area contributed by atoms with Crippen LogP contribution in [0.2, 0.25) is 0 Å². The van der Waals surface area contributed by atoms with Crippen LogP contribution in [0.15, 0.2) is 134 Å². The Morgan fingerprint density at radius 3 is 1.46 bits per heavy atom. The summed E-state index contributed by atoms with van der Waals surface area (Å²) in [5, 5.41) is 0. The summed E-state index contributed by atoms with van der Waals surface area (Å²) >= 11 is 0. The zero-order valence-corrected chi connectivity index (χ0v) is 34.5. The number of aromatic nitrogens is 2. The second-order valence-corrected chi connectivity index (χ2v) is 15.8. The fraction of sp³-hybridized carbons (Fsp3) is 0.289. The van der Waals surface area contributed by atoms with Crippen LogP contribution >= 0.6 is 17.9 Å². The van der Waals surface area contributed by atoms with Crippen LogP contribution in [-0.2, 0) is 17.3 Å². The molecule has 7 rings (SSSR count). The summed E-state index contributed by atoms with van der Waals surface area (Å²) in [6.45, 7) is 22.0. The topological polar surface area (TPSA) is 37.6 Å². The number of ether oxygens (including phenoxy) is 1. The van der Waals surface area contributed by atoms with E-state index >= 15 is 0 Å². The number of hydrogen-bond acceptors (Lipinski definition) is 3. The molecule has 0 bridgehead atoms. The van der Waals surface area contributed by atoms with E-state index < -0.39 is 0 Å². The van der Waals surface area contributed by atoms with Gasteiger partial charge in [0.2, 0.25) is 0 Å². The number of benzene rings is 4. The van der Waals surface area contributed by atoms with Gasteiger partial charge in [-0.1, -0.05) is 116 Å². The Bertz CT molecular complexity index is 1860. The molecule has 6 aromatic rings. The highest BCUT2D eigenvalue weighted by atomic mass is 31.1. The van der Waals surface area contributed by atoms with Crippen molar-refractivity contribution in [3.8, 4) is 23.0 Å². The van der Waals surface area contributed by atoms with E-state index in [1.807, 2.05) is 132 Å². The standard InChI is InChI=1S/C23H30O.2C10H10NOP.C2H6/c1-9-16-10-14(2)20-18(12-16)23(7,8)19-13-17(22(4,5)6)11-15(3)21(19)24-20;2*1-2-6-10(7-3-1)12-13-11-8-4-5-9-11;1-2/h10-13H,9H2,1-8H3;2*1-9,13H;1-2H3. The minimum absolute atomic E-state index is 0.0507. The lowest BCUT2D eigenvalue weighted by atomic mass is 9.72. The summed E-state index contributed by atoms with van der Waals surface area (Å²) in [6, 6.07) is 36.8. The Morgan fingerprint density at radius 1 is 0.615 bits per heavy atom. The van der Waals surface area contributed by atoms with Crippen molar-refractivity contribution >= 4 is 17.9 Å². The van der Waals surface area contributed by atoms with Crippen molar-refractivity contribution in [2.45, 2.75) is 86.5 Å². The van der Waals surface area contributed by atoms with Gasteiger partial charge in [0.1, 0.15) is 23.0 Å². The maximum atomic E-state index is 6.44. The Labute approximate surface area is 316 Å². The van der Waals surface area contributed by atoms with Crippen LogP contribution in [0.5, 0.6) is 23.0 Å². The molecule has 7 heteroatoms. The van der Waals surface area contributed by atoms with Crippen LogP contribution in [0.4, 0.5) is 0 Å². The Morgan fingerprint density at radius 2 is 1.04 bits per heavy atom. The highest BCUT2D eigenvalue weighted by Crippen LogP contribution is 2.51. The summed E-state index contributed by atoms with van der Waals surface area (Å²) in [5.41, 5.74) is 7.95. The predicted octanol–water partition coefficient (Wildman–Crippen LogP) is 13.5. The Hall–Kier alpha value is -4.30. The third-order valence-electron chi connectivity index (χ3n) is 8.67. The molecule has 274 valence electrons. The van der Waals surface area contributed by atoms with Crippen molar-refractivity contribution in [2.75, 3.05) is 0 Å². The van der Waals surface area contributed by atoms with Crippen LogP contribution in [0, 0.1) is 13.8 Å². The molecule has 1 aliphatic rings. The van der Waals surface area contributed by atoms with Crippen molar-refractivity contribution in [2.24, 2.45) is 0 Å². The fourth-order valence-electron chi connectivity index (χ4n) is 5.68. The van der Waals surface area contributed by atoms with Gasteiger partial charge in [0.25, 0.3) is 0 Å². The number of para-hydroxylation sites is 2. The van der Waals surface area contributed by atoms with Gasteiger partial charge in [-0.05, 0) is 96.5 Å². The fourth-order valence-corrected chi connectivity index (χ4v) is 6.97. The normalized spacial score (nSPS) is 12.7. The van der Waals surface area contributed by atoms with E-state index in [9.17, 15) is 0 Å². The van der Waals surface area contributed by atoms with Gasteiger partial charge >= 0.3 is 0 Å². The Balaban J connectivity index is 0.000000183. The van der Waals surface area contributed by atoms with E-state index in [1.165, 1.54) is 33.4 Å². The second-order valence-electron chi connectivity index (χ2n) is 14.0. The lowest BCUT2D eigenvalue weighted by Gasteiger charge is -2.37. The number of rotatable bonds is 7. The summed E-state index contributed by atoms with van der Waals surface area (Å²) in [6.07, 6.45) is 9.00. The molecule has 0 saturated carbocycles. The van der Waals surface area contributed by atoms with Crippen LogP contribution in [0.1, 0.15) is 88.8 Å². The summed E-state index contributed by atoms with van der Waals surface area (Å²) in [4.78, 5) is 0. The zero-order valence-electron chi connectivity index (χ0n) is 32.5. The van der Waals surface area contributed by atoms with Gasteiger partial charge in [-0.25, -0.2) is 0 Å². The summed E-state index contributed by atoms with van der Waals surface area (Å²) in [7, 11) is 0.646. The van der Waals surface area contributed by atoms with Crippen molar-refractivity contribution in [1.29, 1.82) is 0 Å². The average Bonchev–Trinajstić information content (AvgIpc) is 3.88. The third-order valence-corrected chi connectivity index (χ3v) is 10.3. The molecule has 2 aromatic heterocycles. The zero-order chi connectivity index (χ0) is 37.7. The predicted molar refractivity (Wildman–Crippen MR) is 224 cm³/mol. The van der Waals surface area contributed by atoms with Gasteiger partial charge in [-0.15, -0.1) is 0 Å². The number of nitrogens with zero attached hydrogens (tertiary/aromatic N) is 2. The molecule has 52 heavy (non-hydrogen) atoms. The Kier molecular flexibility index (Phi) is 14.8. The molecule has 0 saturated heterocycles. The van der Waals surface area contributed by atoms with Crippen LogP contribution < -0.4 is 13.8 Å². The SMILES string of the molecule is CC.CCc1cc(C)c2c(c1)C(C)(C)c1cc(C(C)(C)C)cc(C)c1O2.c1ccc(OPn2cccc2)cc1.c1ccc(OPn2cccc2)cc1. The maximum Gasteiger partial charge on any atom is 0.181 e. The molecule has 0 aliphatic carbocycles. The molecule has 2 unspecified atom stereocenters. The first kappa shape index (κ1) is 40.5. The van der Waals surface area contributed by atoms with Crippen molar-refractivity contribution in [3.63, 3.8) is 0 Å². The smallest absolute Gasteiger partial charge is 0.181 e. The van der Waals surface area contributed by atoms with E-state index in [0.29, 0.717) is 17.9 Å². The molecule has 1 aliphatic heterocycles. The van der Waals surface area contributed by atoms with E-state index in [1.54, 1.807) is 0 Å². The molecule has 0 fully saturated rings. The molecule has 5 nitrogen and oxygen atoms in total. The monoisotopic (exact) mass is 734 g/mol. The van der Waals surface area contributed by atoms with Crippen LogP contribution in [0.25, 0.3) is 0 Å². The van der Waals surface area contributed by atoms with Gasteiger partial charge in [0, 0.05) is 41.3 Å². The molecule has 0 spiro atoms. The molecule has 0 N–H and O–H groups in total. The first-order valence-corrected chi connectivity index (χ1v) is 19.9. The highest BCUT2D eigenvalue weighted by molar-refractivity contribution is 7.31. The lowest BCUT2D eigenvalue weighted by molar-refractivity contribution is 0.410. The largest absolute Gasteiger partial charge is 0.456 e. The van der Waals surface area contributed by atoms with Crippen LogP contribution in [0.3, 0.4) is 0 Å². The summed E-state index contributed by atoms with van der Waals surface area (Å²) in [5.74, 6) is 3.92. The molecule has 3 heterocycles. The van der Waals surface area contributed by atoms with Gasteiger partial charge < -0.3 is 22.5 Å². The number of hydrogen-bond donors (Lipinski definition) is 0. The molecule has 0 amide bonds. The molecular weight excluding hydrogens is 678 g/mol. The van der Waals surface area contributed by atoms with Gasteiger partial charge in [-0.3, -0.25) is 0 Å². The highest BCUT2D eigenvalue weighted by Gasteiger charge is 2.37. The molecular formula is C45H56N2O3P2. The number of aryl methyl sites for hydroxylation is 3. The first-order valence-electron chi connectivity index (χ1n) is 18.1. The van der Waals surface area contributed by atoms with E-state index in [4.69, 9.17) is 13.8 Å². The maximum absolute atomic E-state index is 6.44. The van der Waals surface area contributed by atoms with Crippen molar-refractivity contribution in [1.82, 2.24) is 8.68 Å². The van der Waals surface area contributed by atoms with E-state index in [2.05, 4.69) is 79.7 Å². The average molecular weight is 735 g/mol. The van der Waals surface area contributed by atoms with E-state index in [0.717, 1.165) is 29.4 Å². The minimum Gasteiger partial charge on any atom is -0.456 e.